The number of esters is 1. The van der Waals surface area contributed by atoms with E-state index in [1.54, 1.807) is 18.3 Å². The molecule has 118 valence electrons. The van der Waals surface area contributed by atoms with Crippen molar-refractivity contribution in [3.05, 3.63) is 29.6 Å². The fourth-order valence-corrected chi connectivity index (χ4v) is 1.87. The number of amides is 1. The molecule has 2 N–H and O–H groups in total. The number of pyridine rings is 1. The van der Waals surface area contributed by atoms with E-state index in [4.69, 9.17) is 10.5 Å². The van der Waals surface area contributed by atoms with E-state index in [-0.39, 0.29) is 29.6 Å². The van der Waals surface area contributed by atoms with Gasteiger partial charge in [0, 0.05) is 12.6 Å². The van der Waals surface area contributed by atoms with E-state index in [1.165, 1.54) is 12.8 Å². The van der Waals surface area contributed by atoms with Gasteiger partial charge >= 0.3 is 5.97 Å². The number of ether oxygens (including phenoxy) is 1. The Kier molecular flexibility index (Phi) is 10.5. The van der Waals surface area contributed by atoms with Crippen LogP contribution in [0, 0.1) is 0 Å². The summed E-state index contributed by atoms with van der Waals surface area (Å²) in [5, 5.41) is 0. The van der Waals surface area contributed by atoms with E-state index in [1.807, 2.05) is 0 Å². The van der Waals surface area contributed by atoms with Crippen molar-refractivity contribution in [3.63, 3.8) is 0 Å². The highest BCUT2D eigenvalue weighted by atomic mass is 79.9. The lowest BCUT2D eigenvalue weighted by Gasteiger charge is -2.07. The zero-order chi connectivity index (χ0) is 14.8. The normalized spacial score (nSPS) is 9.76. The van der Waals surface area contributed by atoms with Crippen LogP contribution in [0.1, 0.15) is 61.5 Å². The van der Waals surface area contributed by atoms with Crippen LogP contribution < -0.4 is 5.73 Å². The molecule has 6 heteroatoms. The number of unbranched alkanes of at least 4 members (excludes halogenated alkanes) is 4. The second-order valence-electron chi connectivity index (χ2n) is 4.69. The van der Waals surface area contributed by atoms with Gasteiger partial charge < -0.3 is 10.5 Å². The van der Waals surface area contributed by atoms with Gasteiger partial charge in [0.25, 0.3) is 5.91 Å². The number of hydrogen-bond donors (Lipinski definition) is 1. The third kappa shape index (κ3) is 7.80. The van der Waals surface area contributed by atoms with Gasteiger partial charge in [-0.15, -0.1) is 17.0 Å². The molecule has 0 bridgehead atoms. The smallest absolute Gasteiger partial charge is 0.306 e. The molecule has 21 heavy (non-hydrogen) atoms. The Hall–Kier alpha value is -1.43. The second-order valence-corrected chi connectivity index (χ2v) is 4.69. The average Bonchev–Trinajstić information content (AvgIpc) is 2.45. The highest BCUT2D eigenvalue weighted by Crippen LogP contribution is 2.09. The summed E-state index contributed by atoms with van der Waals surface area (Å²) in [7, 11) is 0. The van der Waals surface area contributed by atoms with Crippen LogP contribution in [0.15, 0.2) is 18.3 Å². The maximum atomic E-state index is 11.6. The summed E-state index contributed by atoms with van der Waals surface area (Å²) >= 11 is 0. The molecule has 0 saturated carbocycles. The quantitative estimate of drug-likeness (QED) is 0.542. The Morgan fingerprint density at radius 2 is 1.95 bits per heavy atom. The average molecular weight is 359 g/mol. The van der Waals surface area contributed by atoms with Crippen LogP contribution in [0.3, 0.4) is 0 Å². The number of nitrogens with zero attached hydrogens (tertiary/aromatic N) is 1. The molecule has 1 heterocycles. The monoisotopic (exact) mass is 358 g/mol. The Balaban J connectivity index is 0.00000400. The van der Waals surface area contributed by atoms with Gasteiger partial charge in [-0.2, -0.15) is 0 Å². The number of halogens is 1. The maximum absolute atomic E-state index is 11.6. The van der Waals surface area contributed by atoms with Crippen LogP contribution in [0.4, 0.5) is 0 Å². The number of aromatic nitrogens is 1. The molecule has 5 nitrogen and oxygen atoms in total. The minimum Gasteiger partial charge on any atom is -0.459 e. The fraction of sp³-hybridized carbons (Fsp3) is 0.533. The van der Waals surface area contributed by atoms with Crippen LogP contribution in [-0.2, 0) is 16.1 Å². The third-order valence-corrected chi connectivity index (χ3v) is 3.01. The van der Waals surface area contributed by atoms with Gasteiger partial charge in [0.05, 0.1) is 11.3 Å². The number of nitrogens with two attached hydrogens (primary N) is 1. The molecule has 1 rings (SSSR count). The van der Waals surface area contributed by atoms with Gasteiger partial charge in [-0.1, -0.05) is 32.6 Å². The molecule has 0 fully saturated rings. The Morgan fingerprint density at radius 1 is 1.24 bits per heavy atom. The zero-order valence-electron chi connectivity index (χ0n) is 12.3. The summed E-state index contributed by atoms with van der Waals surface area (Å²) in [5.41, 5.74) is 5.93. The molecule has 0 radical (unpaired) electrons. The molecular formula is C15H23BrN2O3. The maximum Gasteiger partial charge on any atom is 0.306 e. The van der Waals surface area contributed by atoms with Crippen LogP contribution in [-0.4, -0.2) is 16.9 Å². The van der Waals surface area contributed by atoms with Crippen molar-refractivity contribution in [1.29, 1.82) is 0 Å². The minimum atomic E-state index is -0.566. The lowest BCUT2D eigenvalue weighted by atomic mass is 10.1. The summed E-state index contributed by atoms with van der Waals surface area (Å²) in [5.74, 6) is -0.828. The number of hydrogen-bond acceptors (Lipinski definition) is 4. The Morgan fingerprint density at radius 3 is 2.62 bits per heavy atom. The van der Waals surface area contributed by atoms with Crippen LogP contribution in [0.5, 0.6) is 0 Å². The molecule has 0 unspecified atom stereocenters. The molecular weight excluding hydrogens is 336 g/mol. The standard InChI is InChI=1S/C15H22N2O3.BrH/c1-2-3-4-5-6-9-14(18)20-11-13-12(15(16)19)8-7-10-17-13;/h7-8,10H,2-6,9,11H2,1H3,(H2,16,19);1H. The SMILES string of the molecule is Br.CCCCCCCC(=O)OCc1ncccc1C(N)=O. The van der Waals surface area contributed by atoms with Gasteiger partial charge in [0.15, 0.2) is 0 Å². The van der Waals surface area contributed by atoms with E-state index < -0.39 is 5.91 Å². The second kappa shape index (κ2) is 11.3. The first-order valence-electron chi connectivity index (χ1n) is 7.04. The third-order valence-electron chi connectivity index (χ3n) is 3.01. The first-order chi connectivity index (χ1) is 9.65. The van der Waals surface area contributed by atoms with Gasteiger partial charge in [-0.25, -0.2) is 0 Å². The van der Waals surface area contributed by atoms with E-state index in [2.05, 4.69) is 11.9 Å². The molecule has 1 aromatic heterocycles. The largest absolute Gasteiger partial charge is 0.459 e. The molecule has 0 aliphatic rings. The molecule has 0 saturated heterocycles. The zero-order valence-corrected chi connectivity index (χ0v) is 14.1. The van der Waals surface area contributed by atoms with Crippen molar-refractivity contribution >= 4 is 28.9 Å². The molecule has 0 aromatic carbocycles. The predicted molar refractivity (Wildman–Crippen MR) is 86.2 cm³/mol. The number of carbonyl (C=O) groups excluding carboxylic acids is 2. The van der Waals surface area contributed by atoms with Crippen LogP contribution >= 0.6 is 17.0 Å². The van der Waals surface area contributed by atoms with Gasteiger partial charge in [-0.05, 0) is 18.6 Å². The van der Waals surface area contributed by atoms with E-state index in [9.17, 15) is 9.59 Å². The van der Waals surface area contributed by atoms with Crippen molar-refractivity contribution in [2.45, 2.75) is 52.1 Å². The van der Waals surface area contributed by atoms with Gasteiger partial charge in [-0.3, -0.25) is 14.6 Å². The number of rotatable bonds is 9. The first-order valence-corrected chi connectivity index (χ1v) is 7.04. The first kappa shape index (κ1) is 19.6. The number of carbonyl (C=O) groups is 2. The van der Waals surface area contributed by atoms with Crippen LogP contribution in [0.25, 0.3) is 0 Å². The molecule has 1 aromatic rings. The summed E-state index contributed by atoms with van der Waals surface area (Å²) in [6.45, 7) is 2.14. The molecule has 0 spiro atoms. The highest BCUT2D eigenvalue weighted by molar-refractivity contribution is 8.93. The summed E-state index contributed by atoms with van der Waals surface area (Å²) in [6.07, 6.45) is 7.35. The fourth-order valence-electron chi connectivity index (χ4n) is 1.87. The summed E-state index contributed by atoms with van der Waals surface area (Å²) < 4.78 is 5.12. The van der Waals surface area contributed by atoms with Gasteiger partial charge in [0.1, 0.15) is 6.61 Å². The summed E-state index contributed by atoms with van der Waals surface area (Å²) in [4.78, 5) is 26.8. The molecule has 1 amide bonds. The topological polar surface area (TPSA) is 82.3 Å². The van der Waals surface area contributed by atoms with E-state index in [0.717, 1.165) is 19.3 Å². The predicted octanol–water partition coefficient (Wildman–Crippen LogP) is 3.16. The van der Waals surface area contributed by atoms with Crippen molar-refractivity contribution in [1.82, 2.24) is 4.98 Å². The van der Waals surface area contributed by atoms with Crippen molar-refractivity contribution in [3.8, 4) is 0 Å². The molecule has 0 atom stereocenters. The summed E-state index contributed by atoms with van der Waals surface area (Å²) in [6, 6.07) is 3.20. The van der Waals surface area contributed by atoms with Crippen molar-refractivity contribution in [2.75, 3.05) is 0 Å². The van der Waals surface area contributed by atoms with Gasteiger partial charge in [0.2, 0.25) is 0 Å². The van der Waals surface area contributed by atoms with E-state index >= 15 is 0 Å². The lowest BCUT2D eigenvalue weighted by molar-refractivity contribution is -0.145. The molecule has 0 aliphatic heterocycles. The van der Waals surface area contributed by atoms with Crippen molar-refractivity contribution in [2.24, 2.45) is 5.73 Å². The minimum absolute atomic E-state index is 0. The van der Waals surface area contributed by atoms with E-state index in [0.29, 0.717) is 17.7 Å². The van der Waals surface area contributed by atoms with Crippen molar-refractivity contribution < 1.29 is 14.3 Å². The highest BCUT2D eigenvalue weighted by Gasteiger charge is 2.11. The Labute approximate surface area is 136 Å². The Bertz CT molecular complexity index is 452. The lowest BCUT2D eigenvalue weighted by Crippen LogP contribution is -2.16. The number of primary amides is 1. The molecule has 0 aliphatic carbocycles. The van der Waals surface area contributed by atoms with Crippen LogP contribution in [0.2, 0.25) is 0 Å².